The number of rotatable bonds is 1. The Morgan fingerprint density at radius 3 is 2.59 bits per heavy atom. The van der Waals surface area contributed by atoms with E-state index >= 15 is 0 Å². The van der Waals surface area contributed by atoms with Gasteiger partial charge in [-0.3, -0.25) is 0 Å². The van der Waals surface area contributed by atoms with E-state index in [1.54, 1.807) is 0 Å². The molecule has 0 aromatic heterocycles. The average Bonchev–Trinajstić information content (AvgIpc) is 2.20. The van der Waals surface area contributed by atoms with Crippen LogP contribution in [0, 0.1) is 13.8 Å². The fourth-order valence-corrected chi connectivity index (χ4v) is 3.00. The van der Waals surface area contributed by atoms with Gasteiger partial charge in [-0.05, 0) is 46.2 Å². The number of nitrogens with zero attached hydrogens (tertiary/aromatic N) is 1. The van der Waals surface area contributed by atoms with Gasteiger partial charge in [0.05, 0.1) is 0 Å². The van der Waals surface area contributed by atoms with Gasteiger partial charge in [0.1, 0.15) is 0 Å². The highest BCUT2D eigenvalue weighted by Crippen LogP contribution is 2.31. The van der Waals surface area contributed by atoms with Crippen molar-refractivity contribution < 1.29 is 0 Å². The summed E-state index contributed by atoms with van der Waals surface area (Å²) >= 11 is 0. The SMILES string of the molecule is Cc1ccc(N2C(C)CNCC2(C)C)c(C)c1. The Balaban J connectivity index is 2.42. The number of aryl methyl sites for hydroxylation is 2. The van der Waals surface area contributed by atoms with Crippen LogP contribution in [0.4, 0.5) is 5.69 Å². The Morgan fingerprint density at radius 2 is 2.00 bits per heavy atom. The summed E-state index contributed by atoms with van der Waals surface area (Å²) in [5.74, 6) is 0. The maximum atomic E-state index is 3.51. The van der Waals surface area contributed by atoms with E-state index in [0.717, 1.165) is 13.1 Å². The van der Waals surface area contributed by atoms with Gasteiger partial charge in [0, 0.05) is 30.4 Å². The standard InChI is InChI=1S/C15H24N2/c1-11-6-7-14(12(2)8-11)17-13(3)9-16-10-15(17,4)5/h6-8,13,16H,9-10H2,1-5H3. The van der Waals surface area contributed by atoms with E-state index < -0.39 is 0 Å². The van der Waals surface area contributed by atoms with Gasteiger partial charge < -0.3 is 10.2 Å². The van der Waals surface area contributed by atoms with Gasteiger partial charge in [-0.2, -0.15) is 0 Å². The molecule has 1 aliphatic heterocycles. The molecule has 1 heterocycles. The maximum absolute atomic E-state index is 3.51. The molecule has 0 amide bonds. The first-order chi connectivity index (χ1) is 7.92. The van der Waals surface area contributed by atoms with Crippen molar-refractivity contribution in [1.82, 2.24) is 5.32 Å². The van der Waals surface area contributed by atoms with Crippen LogP contribution in [-0.4, -0.2) is 24.7 Å². The van der Waals surface area contributed by atoms with Gasteiger partial charge >= 0.3 is 0 Å². The Kier molecular flexibility index (Phi) is 3.17. The first-order valence-corrected chi connectivity index (χ1v) is 6.49. The lowest BCUT2D eigenvalue weighted by Gasteiger charge is -2.49. The number of benzene rings is 1. The summed E-state index contributed by atoms with van der Waals surface area (Å²) in [5.41, 5.74) is 4.28. The summed E-state index contributed by atoms with van der Waals surface area (Å²) < 4.78 is 0. The van der Waals surface area contributed by atoms with E-state index in [1.807, 2.05) is 0 Å². The summed E-state index contributed by atoms with van der Waals surface area (Å²) in [7, 11) is 0. The third kappa shape index (κ3) is 2.32. The van der Waals surface area contributed by atoms with Crippen LogP contribution in [0.15, 0.2) is 18.2 Å². The van der Waals surface area contributed by atoms with Crippen LogP contribution >= 0.6 is 0 Å². The molecule has 1 unspecified atom stereocenters. The quantitative estimate of drug-likeness (QED) is 0.801. The minimum absolute atomic E-state index is 0.178. The first kappa shape index (κ1) is 12.4. The molecule has 0 radical (unpaired) electrons. The normalized spacial score (nSPS) is 23.8. The van der Waals surface area contributed by atoms with Crippen molar-refractivity contribution in [2.75, 3.05) is 18.0 Å². The van der Waals surface area contributed by atoms with Crippen molar-refractivity contribution in [1.29, 1.82) is 0 Å². The Morgan fingerprint density at radius 1 is 1.29 bits per heavy atom. The van der Waals surface area contributed by atoms with Crippen LogP contribution in [0.3, 0.4) is 0 Å². The van der Waals surface area contributed by atoms with Crippen molar-refractivity contribution in [3.63, 3.8) is 0 Å². The fraction of sp³-hybridized carbons (Fsp3) is 0.600. The molecule has 2 heteroatoms. The molecule has 1 atom stereocenters. The lowest BCUT2D eigenvalue weighted by Crippen LogP contribution is -2.62. The number of piperazine rings is 1. The van der Waals surface area contributed by atoms with E-state index in [1.165, 1.54) is 16.8 Å². The molecule has 2 nitrogen and oxygen atoms in total. The summed E-state index contributed by atoms with van der Waals surface area (Å²) in [6.07, 6.45) is 0. The molecule has 0 bridgehead atoms. The van der Waals surface area contributed by atoms with Gasteiger partial charge in [-0.15, -0.1) is 0 Å². The van der Waals surface area contributed by atoms with Gasteiger partial charge in [0.2, 0.25) is 0 Å². The molecule has 1 aromatic rings. The monoisotopic (exact) mass is 232 g/mol. The Hall–Kier alpha value is -1.02. The van der Waals surface area contributed by atoms with E-state index in [2.05, 4.69) is 63.0 Å². The van der Waals surface area contributed by atoms with Gasteiger partial charge in [0.15, 0.2) is 0 Å². The summed E-state index contributed by atoms with van der Waals surface area (Å²) in [5, 5.41) is 3.51. The highest BCUT2D eigenvalue weighted by atomic mass is 15.3. The van der Waals surface area contributed by atoms with E-state index in [4.69, 9.17) is 0 Å². The number of hydrogen-bond donors (Lipinski definition) is 1. The van der Waals surface area contributed by atoms with Crippen molar-refractivity contribution in [3.05, 3.63) is 29.3 Å². The smallest absolute Gasteiger partial charge is 0.0473 e. The fourth-order valence-electron chi connectivity index (χ4n) is 3.00. The Labute approximate surface area is 105 Å². The number of nitrogens with one attached hydrogen (secondary N) is 1. The maximum Gasteiger partial charge on any atom is 0.0473 e. The molecule has 1 aliphatic rings. The lowest BCUT2D eigenvalue weighted by atomic mass is 9.94. The highest BCUT2D eigenvalue weighted by Gasteiger charge is 2.34. The predicted molar refractivity (Wildman–Crippen MR) is 74.8 cm³/mol. The van der Waals surface area contributed by atoms with Crippen LogP contribution < -0.4 is 10.2 Å². The molecule has 2 rings (SSSR count). The molecule has 94 valence electrons. The van der Waals surface area contributed by atoms with Crippen LogP contribution in [-0.2, 0) is 0 Å². The second-order valence-electron chi connectivity index (χ2n) is 5.95. The molecule has 0 spiro atoms. The zero-order valence-electron chi connectivity index (χ0n) is 11.7. The van der Waals surface area contributed by atoms with Crippen LogP contribution in [0.5, 0.6) is 0 Å². The number of anilines is 1. The minimum atomic E-state index is 0.178. The van der Waals surface area contributed by atoms with Crippen LogP contribution in [0.25, 0.3) is 0 Å². The van der Waals surface area contributed by atoms with Crippen molar-refractivity contribution in [2.45, 2.75) is 46.2 Å². The molecular formula is C15H24N2. The molecule has 1 aromatic carbocycles. The molecule has 1 saturated heterocycles. The van der Waals surface area contributed by atoms with Gasteiger partial charge in [0.25, 0.3) is 0 Å². The average molecular weight is 232 g/mol. The van der Waals surface area contributed by atoms with E-state index in [-0.39, 0.29) is 5.54 Å². The summed E-state index contributed by atoms with van der Waals surface area (Å²) in [6, 6.07) is 7.31. The zero-order valence-corrected chi connectivity index (χ0v) is 11.7. The summed E-state index contributed by atoms with van der Waals surface area (Å²) in [4.78, 5) is 2.57. The molecule has 1 fully saturated rings. The van der Waals surface area contributed by atoms with Gasteiger partial charge in [-0.25, -0.2) is 0 Å². The van der Waals surface area contributed by atoms with Crippen molar-refractivity contribution in [3.8, 4) is 0 Å². The third-order valence-corrected chi connectivity index (χ3v) is 3.70. The molecule has 0 saturated carbocycles. The lowest BCUT2D eigenvalue weighted by molar-refractivity contribution is 0.333. The van der Waals surface area contributed by atoms with Crippen LogP contribution in [0.2, 0.25) is 0 Å². The molecule has 1 N–H and O–H groups in total. The summed E-state index contributed by atoms with van der Waals surface area (Å²) in [6.45, 7) is 13.4. The van der Waals surface area contributed by atoms with Crippen LogP contribution in [0.1, 0.15) is 31.9 Å². The molecule has 0 aliphatic carbocycles. The Bertz CT molecular complexity index is 409. The second-order valence-corrected chi connectivity index (χ2v) is 5.95. The second kappa shape index (κ2) is 4.34. The zero-order chi connectivity index (χ0) is 12.6. The highest BCUT2D eigenvalue weighted by molar-refractivity contribution is 5.57. The van der Waals surface area contributed by atoms with E-state index in [9.17, 15) is 0 Å². The largest absolute Gasteiger partial charge is 0.361 e. The predicted octanol–water partition coefficient (Wildman–Crippen LogP) is 2.88. The number of hydrogen-bond acceptors (Lipinski definition) is 2. The minimum Gasteiger partial charge on any atom is -0.361 e. The molecular weight excluding hydrogens is 208 g/mol. The first-order valence-electron chi connectivity index (χ1n) is 6.49. The molecule has 17 heavy (non-hydrogen) atoms. The van der Waals surface area contributed by atoms with Gasteiger partial charge in [-0.1, -0.05) is 17.7 Å². The topological polar surface area (TPSA) is 15.3 Å². The van der Waals surface area contributed by atoms with Crippen molar-refractivity contribution >= 4 is 5.69 Å². The van der Waals surface area contributed by atoms with E-state index in [0.29, 0.717) is 6.04 Å². The van der Waals surface area contributed by atoms with Crippen molar-refractivity contribution in [2.24, 2.45) is 0 Å². The third-order valence-electron chi connectivity index (χ3n) is 3.70.